The molecule has 0 bridgehead atoms. The Morgan fingerprint density at radius 3 is 2.86 bits per heavy atom. The lowest BCUT2D eigenvalue weighted by molar-refractivity contribution is 0.696. The van der Waals surface area contributed by atoms with E-state index in [1.165, 1.54) is 16.9 Å². The lowest BCUT2D eigenvalue weighted by atomic mass is 9.96. The molecule has 0 N–H and O–H groups in total. The summed E-state index contributed by atoms with van der Waals surface area (Å²) in [6.07, 6.45) is 6.08. The van der Waals surface area contributed by atoms with Gasteiger partial charge < -0.3 is 0 Å². The third kappa shape index (κ3) is 2.85. The number of aryl methyl sites for hydroxylation is 1. The van der Waals surface area contributed by atoms with Gasteiger partial charge in [0.1, 0.15) is 11.1 Å². The maximum atomic E-state index is 9.39. The van der Waals surface area contributed by atoms with Crippen LogP contribution in [0.5, 0.6) is 0 Å². The fraction of sp³-hybridized carbons (Fsp3) is 0.250. The van der Waals surface area contributed by atoms with Crippen molar-refractivity contribution >= 4 is 45.8 Å². The summed E-state index contributed by atoms with van der Waals surface area (Å²) in [6.45, 7) is 0. The maximum Gasteiger partial charge on any atom is 0.134 e. The SMILES string of the molecule is N#Cc1c(N=Cc2cccc(Cl)c2Cl)sc2c1CCCC2. The molecule has 0 unspecified atom stereocenters. The Bertz CT molecular complexity index is 756. The number of rotatable bonds is 2. The maximum absolute atomic E-state index is 9.39. The summed E-state index contributed by atoms with van der Waals surface area (Å²) in [6, 6.07) is 7.74. The van der Waals surface area contributed by atoms with E-state index in [0.717, 1.165) is 35.4 Å². The van der Waals surface area contributed by atoms with Crippen molar-refractivity contribution in [2.75, 3.05) is 0 Å². The molecule has 5 heteroatoms. The monoisotopic (exact) mass is 334 g/mol. The zero-order valence-corrected chi connectivity index (χ0v) is 13.5. The van der Waals surface area contributed by atoms with Crippen LogP contribution in [0, 0.1) is 11.3 Å². The second kappa shape index (κ2) is 6.19. The van der Waals surface area contributed by atoms with Crippen molar-refractivity contribution in [2.24, 2.45) is 4.99 Å². The van der Waals surface area contributed by atoms with E-state index >= 15 is 0 Å². The van der Waals surface area contributed by atoms with E-state index in [2.05, 4.69) is 11.1 Å². The molecule has 2 aromatic rings. The summed E-state index contributed by atoms with van der Waals surface area (Å²) in [4.78, 5) is 5.79. The molecule has 2 nitrogen and oxygen atoms in total. The molecule has 3 rings (SSSR count). The number of halogens is 2. The van der Waals surface area contributed by atoms with E-state index < -0.39 is 0 Å². The molecular weight excluding hydrogens is 323 g/mol. The first-order valence-corrected chi connectivity index (χ1v) is 8.30. The molecule has 1 aromatic carbocycles. The largest absolute Gasteiger partial charge is 0.244 e. The zero-order chi connectivity index (χ0) is 14.8. The molecule has 0 aliphatic heterocycles. The van der Waals surface area contributed by atoms with E-state index in [-0.39, 0.29) is 0 Å². The Morgan fingerprint density at radius 2 is 2.05 bits per heavy atom. The predicted octanol–water partition coefficient (Wildman–Crippen LogP) is 5.56. The smallest absolute Gasteiger partial charge is 0.134 e. The molecule has 1 aromatic heterocycles. The Labute approximate surface area is 137 Å². The van der Waals surface area contributed by atoms with Gasteiger partial charge in [-0.25, -0.2) is 4.99 Å². The molecule has 0 atom stereocenters. The highest BCUT2D eigenvalue weighted by molar-refractivity contribution is 7.16. The number of thiophene rings is 1. The summed E-state index contributed by atoms with van der Waals surface area (Å²) in [7, 11) is 0. The van der Waals surface area contributed by atoms with Gasteiger partial charge in [-0.15, -0.1) is 11.3 Å². The summed E-state index contributed by atoms with van der Waals surface area (Å²) >= 11 is 13.8. The van der Waals surface area contributed by atoms with Gasteiger partial charge in [0.15, 0.2) is 0 Å². The van der Waals surface area contributed by atoms with E-state index in [1.54, 1.807) is 23.6 Å². The molecule has 1 aliphatic rings. The number of aliphatic imine (C=N–C) groups is 1. The topological polar surface area (TPSA) is 36.1 Å². The highest BCUT2D eigenvalue weighted by Crippen LogP contribution is 2.39. The Hall–Kier alpha value is -1.34. The third-order valence-electron chi connectivity index (χ3n) is 3.57. The van der Waals surface area contributed by atoms with Crippen molar-refractivity contribution in [3.05, 3.63) is 49.8 Å². The van der Waals surface area contributed by atoms with Crippen molar-refractivity contribution in [1.82, 2.24) is 0 Å². The van der Waals surface area contributed by atoms with E-state index in [4.69, 9.17) is 23.2 Å². The number of hydrogen-bond acceptors (Lipinski definition) is 3. The van der Waals surface area contributed by atoms with Gasteiger partial charge in [-0.1, -0.05) is 35.3 Å². The fourth-order valence-corrected chi connectivity index (χ4v) is 4.05. The van der Waals surface area contributed by atoms with Crippen molar-refractivity contribution in [2.45, 2.75) is 25.7 Å². The van der Waals surface area contributed by atoms with Crippen LogP contribution in [0.3, 0.4) is 0 Å². The Kier molecular flexibility index (Phi) is 4.30. The minimum atomic E-state index is 0.489. The highest BCUT2D eigenvalue weighted by atomic mass is 35.5. The molecule has 21 heavy (non-hydrogen) atoms. The molecule has 0 saturated carbocycles. The van der Waals surface area contributed by atoms with Gasteiger partial charge in [0.2, 0.25) is 0 Å². The molecular formula is C16H12Cl2N2S. The molecule has 0 radical (unpaired) electrons. The van der Waals surface area contributed by atoms with E-state index in [0.29, 0.717) is 10.0 Å². The zero-order valence-electron chi connectivity index (χ0n) is 11.2. The lowest BCUT2D eigenvalue weighted by Gasteiger charge is -2.09. The van der Waals surface area contributed by atoms with Crippen molar-refractivity contribution in [3.63, 3.8) is 0 Å². The van der Waals surface area contributed by atoms with Crippen LogP contribution in [0.1, 0.15) is 34.4 Å². The van der Waals surface area contributed by atoms with Gasteiger partial charge in [-0.05, 0) is 37.3 Å². The first-order valence-electron chi connectivity index (χ1n) is 6.73. The number of benzene rings is 1. The molecule has 0 saturated heterocycles. The van der Waals surface area contributed by atoms with Gasteiger partial charge in [0, 0.05) is 16.7 Å². The second-order valence-corrected chi connectivity index (χ2v) is 6.77. The van der Waals surface area contributed by atoms with Gasteiger partial charge in [-0.2, -0.15) is 5.26 Å². The van der Waals surface area contributed by atoms with Gasteiger partial charge in [0.25, 0.3) is 0 Å². The van der Waals surface area contributed by atoms with Crippen LogP contribution in [0.15, 0.2) is 23.2 Å². The number of nitrogens with zero attached hydrogens (tertiary/aromatic N) is 2. The molecule has 106 valence electrons. The van der Waals surface area contributed by atoms with Crippen LogP contribution in [0.2, 0.25) is 10.0 Å². The minimum absolute atomic E-state index is 0.489. The van der Waals surface area contributed by atoms with Crippen LogP contribution in [-0.4, -0.2) is 6.21 Å². The molecule has 0 amide bonds. The van der Waals surface area contributed by atoms with Gasteiger partial charge >= 0.3 is 0 Å². The number of hydrogen-bond donors (Lipinski definition) is 0. The Balaban J connectivity index is 1.98. The van der Waals surface area contributed by atoms with Crippen LogP contribution >= 0.6 is 34.5 Å². The van der Waals surface area contributed by atoms with Crippen LogP contribution in [0.4, 0.5) is 5.00 Å². The molecule has 0 spiro atoms. The van der Waals surface area contributed by atoms with Crippen molar-refractivity contribution in [3.8, 4) is 6.07 Å². The summed E-state index contributed by atoms with van der Waals surface area (Å²) in [5, 5.41) is 11.2. The first kappa shape index (κ1) is 14.6. The van der Waals surface area contributed by atoms with Gasteiger partial charge in [0.05, 0.1) is 15.6 Å². The Morgan fingerprint density at radius 1 is 1.24 bits per heavy atom. The normalized spacial score (nSPS) is 14.1. The molecule has 1 heterocycles. The lowest BCUT2D eigenvalue weighted by Crippen LogP contribution is -1.99. The minimum Gasteiger partial charge on any atom is -0.244 e. The summed E-state index contributed by atoms with van der Waals surface area (Å²) in [5.41, 5.74) is 2.68. The van der Waals surface area contributed by atoms with Crippen molar-refractivity contribution < 1.29 is 0 Å². The van der Waals surface area contributed by atoms with E-state index in [1.807, 2.05) is 12.1 Å². The van der Waals surface area contributed by atoms with E-state index in [9.17, 15) is 5.26 Å². The summed E-state index contributed by atoms with van der Waals surface area (Å²) in [5.74, 6) is 0. The van der Waals surface area contributed by atoms with Crippen LogP contribution in [0.25, 0.3) is 0 Å². The standard InChI is InChI=1S/C16H12Cl2N2S/c17-13-6-3-4-10(15(13)18)9-20-16-12(8-19)11-5-1-2-7-14(11)21-16/h3-4,6,9H,1-2,5,7H2. The highest BCUT2D eigenvalue weighted by Gasteiger charge is 2.20. The average molecular weight is 335 g/mol. The number of nitriles is 1. The first-order chi connectivity index (χ1) is 10.2. The average Bonchev–Trinajstić information content (AvgIpc) is 2.86. The van der Waals surface area contributed by atoms with Crippen LogP contribution in [-0.2, 0) is 12.8 Å². The van der Waals surface area contributed by atoms with Crippen molar-refractivity contribution in [1.29, 1.82) is 5.26 Å². The predicted molar refractivity (Wildman–Crippen MR) is 89.4 cm³/mol. The third-order valence-corrected chi connectivity index (χ3v) is 5.60. The van der Waals surface area contributed by atoms with Gasteiger partial charge in [-0.3, -0.25) is 0 Å². The van der Waals surface area contributed by atoms with Crippen LogP contribution < -0.4 is 0 Å². The summed E-state index contributed by atoms with van der Waals surface area (Å²) < 4.78 is 0. The quantitative estimate of drug-likeness (QED) is 0.662. The molecule has 0 fully saturated rings. The molecule has 1 aliphatic carbocycles. The fourth-order valence-electron chi connectivity index (χ4n) is 2.51. The second-order valence-electron chi connectivity index (χ2n) is 4.90. The number of fused-ring (bicyclic) bond motifs is 1.